The van der Waals surface area contributed by atoms with Gasteiger partial charge in [-0.1, -0.05) is 13.8 Å². The fraction of sp³-hybridized carbons (Fsp3) is 0.929. The topological polar surface area (TPSA) is 49.6 Å². The molecular formula is C14H31N3O. The Hall–Kier alpha value is -0.610. The number of rotatable bonds is 9. The van der Waals surface area contributed by atoms with E-state index in [0.29, 0.717) is 24.9 Å². The van der Waals surface area contributed by atoms with Crippen molar-refractivity contribution in [3.05, 3.63) is 0 Å². The molecule has 0 aromatic rings. The summed E-state index contributed by atoms with van der Waals surface area (Å²) < 4.78 is 0. The first-order chi connectivity index (χ1) is 8.38. The molecule has 0 aliphatic carbocycles. The predicted molar refractivity (Wildman–Crippen MR) is 77.5 cm³/mol. The minimum absolute atomic E-state index is 0.215. The lowest BCUT2D eigenvalue weighted by atomic mass is 10.0. The molecule has 0 aromatic heterocycles. The number of nitrogens with zero attached hydrogens (tertiary/aromatic N) is 2. The summed E-state index contributed by atoms with van der Waals surface area (Å²) >= 11 is 0. The smallest absolute Gasteiger partial charge is 0.223 e. The van der Waals surface area contributed by atoms with Crippen LogP contribution < -0.4 is 5.73 Å². The van der Waals surface area contributed by atoms with Crippen LogP contribution in [0.15, 0.2) is 0 Å². The van der Waals surface area contributed by atoms with Gasteiger partial charge in [0.1, 0.15) is 0 Å². The molecule has 18 heavy (non-hydrogen) atoms. The number of hydrogen-bond acceptors (Lipinski definition) is 3. The van der Waals surface area contributed by atoms with Crippen molar-refractivity contribution in [1.82, 2.24) is 9.80 Å². The quantitative estimate of drug-likeness (QED) is 0.682. The predicted octanol–water partition coefficient (Wildman–Crippen LogP) is 1.55. The maximum absolute atomic E-state index is 11.9. The number of hydrogen-bond donors (Lipinski definition) is 1. The first-order valence-corrected chi connectivity index (χ1v) is 7.02. The zero-order chi connectivity index (χ0) is 14.1. The maximum Gasteiger partial charge on any atom is 0.223 e. The van der Waals surface area contributed by atoms with E-state index in [1.165, 1.54) is 6.42 Å². The van der Waals surface area contributed by atoms with Crippen molar-refractivity contribution in [1.29, 1.82) is 0 Å². The van der Waals surface area contributed by atoms with Gasteiger partial charge in [0.05, 0.1) is 0 Å². The van der Waals surface area contributed by atoms with E-state index in [1.54, 1.807) is 4.90 Å². The molecule has 1 unspecified atom stereocenters. The van der Waals surface area contributed by atoms with Crippen LogP contribution in [-0.4, -0.2) is 55.5 Å². The molecule has 1 atom stereocenters. The van der Waals surface area contributed by atoms with E-state index in [9.17, 15) is 4.79 Å². The molecule has 0 aliphatic heterocycles. The zero-order valence-corrected chi connectivity index (χ0v) is 12.8. The number of amides is 1. The summed E-state index contributed by atoms with van der Waals surface area (Å²) in [7, 11) is 3.95. The Labute approximate surface area is 113 Å². The van der Waals surface area contributed by atoms with E-state index < -0.39 is 0 Å². The average Bonchev–Trinajstić information content (AvgIpc) is 2.31. The van der Waals surface area contributed by atoms with Crippen molar-refractivity contribution in [3.63, 3.8) is 0 Å². The van der Waals surface area contributed by atoms with Crippen LogP contribution >= 0.6 is 0 Å². The fourth-order valence-corrected chi connectivity index (χ4v) is 2.00. The second kappa shape index (κ2) is 9.34. The molecule has 0 saturated heterocycles. The lowest BCUT2D eigenvalue weighted by molar-refractivity contribution is -0.130. The van der Waals surface area contributed by atoms with Gasteiger partial charge in [0.25, 0.3) is 0 Å². The highest BCUT2D eigenvalue weighted by Gasteiger charge is 2.14. The summed E-state index contributed by atoms with van der Waals surface area (Å²) in [5.41, 5.74) is 5.44. The SMILES string of the molecule is CC(C)CC(C)N(C)CCC(=O)N(C)CCCN. The summed E-state index contributed by atoms with van der Waals surface area (Å²) in [4.78, 5) is 15.9. The molecule has 0 spiro atoms. The van der Waals surface area contributed by atoms with Gasteiger partial charge >= 0.3 is 0 Å². The number of carbonyl (C=O) groups excluding carboxylic acids is 1. The van der Waals surface area contributed by atoms with Gasteiger partial charge in [0.15, 0.2) is 0 Å². The van der Waals surface area contributed by atoms with Gasteiger partial charge in [-0.2, -0.15) is 0 Å². The highest BCUT2D eigenvalue weighted by molar-refractivity contribution is 5.76. The van der Waals surface area contributed by atoms with E-state index in [1.807, 2.05) is 7.05 Å². The van der Waals surface area contributed by atoms with Crippen LogP contribution in [0.1, 0.15) is 40.0 Å². The maximum atomic E-state index is 11.9. The van der Waals surface area contributed by atoms with Crippen molar-refractivity contribution >= 4 is 5.91 Å². The molecule has 0 radical (unpaired) electrons. The van der Waals surface area contributed by atoms with Crippen LogP contribution in [0.4, 0.5) is 0 Å². The Morgan fingerprint density at radius 2 is 1.78 bits per heavy atom. The number of carbonyl (C=O) groups is 1. The average molecular weight is 257 g/mol. The van der Waals surface area contributed by atoms with Crippen molar-refractivity contribution in [2.24, 2.45) is 11.7 Å². The lowest BCUT2D eigenvalue weighted by Gasteiger charge is -2.26. The van der Waals surface area contributed by atoms with Crippen molar-refractivity contribution < 1.29 is 4.79 Å². The normalized spacial score (nSPS) is 13.1. The minimum atomic E-state index is 0.215. The van der Waals surface area contributed by atoms with Crippen LogP contribution in [0, 0.1) is 5.92 Å². The van der Waals surface area contributed by atoms with Gasteiger partial charge < -0.3 is 15.5 Å². The van der Waals surface area contributed by atoms with Gasteiger partial charge in [-0.25, -0.2) is 0 Å². The van der Waals surface area contributed by atoms with Gasteiger partial charge in [-0.3, -0.25) is 4.79 Å². The molecule has 0 rings (SSSR count). The molecule has 0 fully saturated rings. The first-order valence-electron chi connectivity index (χ1n) is 7.02. The molecule has 0 bridgehead atoms. The van der Waals surface area contributed by atoms with Gasteiger partial charge in [-0.15, -0.1) is 0 Å². The highest BCUT2D eigenvalue weighted by atomic mass is 16.2. The summed E-state index contributed by atoms with van der Waals surface area (Å²) in [6.45, 7) is 8.93. The Morgan fingerprint density at radius 3 is 2.28 bits per heavy atom. The molecule has 4 heteroatoms. The van der Waals surface area contributed by atoms with Crippen molar-refractivity contribution in [2.45, 2.75) is 46.1 Å². The van der Waals surface area contributed by atoms with E-state index >= 15 is 0 Å². The van der Waals surface area contributed by atoms with E-state index in [2.05, 4.69) is 32.7 Å². The third-order valence-electron chi connectivity index (χ3n) is 3.37. The Bertz CT molecular complexity index is 231. The van der Waals surface area contributed by atoms with Crippen LogP contribution in [0.2, 0.25) is 0 Å². The summed E-state index contributed by atoms with van der Waals surface area (Å²) in [5, 5.41) is 0. The zero-order valence-electron chi connectivity index (χ0n) is 12.8. The molecule has 0 aliphatic rings. The molecule has 2 N–H and O–H groups in total. The van der Waals surface area contributed by atoms with Gasteiger partial charge in [0.2, 0.25) is 5.91 Å². The van der Waals surface area contributed by atoms with Crippen LogP contribution in [0.5, 0.6) is 0 Å². The standard InChI is InChI=1S/C14H31N3O/c1-12(2)11-13(3)16(4)10-7-14(18)17(5)9-6-8-15/h12-13H,6-11,15H2,1-5H3. The summed E-state index contributed by atoms with van der Waals surface area (Å²) in [5.74, 6) is 0.914. The summed E-state index contributed by atoms with van der Waals surface area (Å²) in [6, 6.07) is 0.534. The van der Waals surface area contributed by atoms with Crippen LogP contribution in [0.25, 0.3) is 0 Å². The molecule has 4 nitrogen and oxygen atoms in total. The van der Waals surface area contributed by atoms with Crippen molar-refractivity contribution in [2.75, 3.05) is 33.7 Å². The molecule has 108 valence electrons. The van der Waals surface area contributed by atoms with Gasteiger partial charge in [-0.05, 0) is 39.3 Å². The second-order valence-electron chi connectivity index (χ2n) is 5.67. The molecule has 1 amide bonds. The van der Waals surface area contributed by atoms with Gasteiger partial charge in [0, 0.05) is 32.6 Å². The highest BCUT2D eigenvalue weighted by Crippen LogP contribution is 2.10. The fourth-order valence-electron chi connectivity index (χ4n) is 2.00. The third kappa shape index (κ3) is 7.67. The van der Waals surface area contributed by atoms with E-state index in [4.69, 9.17) is 5.73 Å². The Balaban J connectivity index is 3.89. The molecular weight excluding hydrogens is 226 g/mol. The lowest BCUT2D eigenvalue weighted by Crippen LogP contribution is -2.35. The van der Waals surface area contributed by atoms with Crippen molar-refractivity contribution in [3.8, 4) is 0 Å². The molecule has 0 aromatic carbocycles. The Morgan fingerprint density at radius 1 is 1.17 bits per heavy atom. The van der Waals surface area contributed by atoms with E-state index in [0.717, 1.165) is 19.5 Å². The molecule has 0 saturated carbocycles. The van der Waals surface area contributed by atoms with Crippen LogP contribution in [0.3, 0.4) is 0 Å². The van der Waals surface area contributed by atoms with Crippen LogP contribution in [-0.2, 0) is 4.79 Å². The number of nitrogens with two attached hydrogens (primary N) is 1. The largest absolute Gasteiger partial charge is 0.346 e. The Kier molecular flexibility index (Phi) is 9.02. The summed E-state index contributed by atoms with van der Waals surface area (Å²) in [6.07, 6.45) is 2.65. The third-order valence-corrected chi connectivity index (χ3v) is 3.37. The first kappa shape index (κ1) is 17.4. The molecule has 0 heterocycles. The van der Waals surface area contributed by atoms with E-state index in [-0.39, 0.29) is 5.91 Å². The minimum Gasteiger partial charge on any atom is -0.346 e. The second-order valence-corrected chi connectivity index (χ2v) is 5.67. The monoisotopic (exact) mass is 257 g/mol.